The highest BCUT2D eigenvalue weighted by atomic mass is 79.9. The largest absolute Gasteiger partial charge is 0.310 e. The molecule has 0 spiro atoms. The maximum absolute atomic E-state index is 13.0. The van der Waals surface area contributed by atoms with Gasteiger partial charge in [-0.15, -0.1) is 11.3 Å². The highest BCUT2D eigenvalue weighted by Gasteiger charge is 2.12. The van der Waals surface area contributed by atoms with Crippen molar-refractivity contribution in [3.8, 4) is 0 Å². The average Bonchev–Trinajstić information content (AvgIpc) is 2.81. The summed E-state index contributed by atoms with van der Waals surface area (Å²) >= 11 is 5.24. The van der Waals surface area contributed by atoms with E-state index in [9.17, 15) is 4.39 Å². The van der Waals surface area contributed by atoms with Gasteiger partial charge >= 0.3 is 0 Å². The van der Waals surface area contributed by atoms with Gasteiger partial charge in [-0.3, -0.25) is 0 Å². The highest BCUT2D eigenvalue weighted by molar-refractivity contribution is 9.11. The molecule has 0 aliphatic rings. The number of benzene rings is 1. The fourth-order valence-corrected chi connectivity index (χ4v) is 3.51. The van der Waals surface area contributed by atoms with Crippen LogP contribution in [0.25, 0.3) is 0 Å². The van der Waals surface area contributed by atoms with Crippen LogP contribution in [0, 0.1) is 5.82 Å². The van der Waals surface area contributed by atoms with E-state index in [-0.39, 0.29) is 11.9 Å². The molecule has 0 aliphatic carbocycles. The Kier molecular flexibility index (Phi) is 5.55. The molecular formula is C15H17BrFNS. The first-order chi connectivity index (χ1) is 9.19. The maximum atomic E-state index is 13.0. The Morgan fingerprint density at radius 3 is 2.53 bits per heavy atom. The Morgan fingerprint density at radius 1 is 1.21 bits per heavy atom. The lowest BCUT2D eigenvalue weighted by Crippen LogP contribution is -2.23. The molecular weight excluding hydrogens is 325 g/mol. The molecule has 0 fully saturated rings. The minimum atomic E-state index is -0.183. The van der Waals surface area contributed by atoms with Crippen molar-refractivity contribution in [1.29, 1.82) is 0 Å². The fraction of sp³-hybridized carbons (Fsp3) is 0.333. The number of hydrogen-bond donors (Lipinski definition) is 1. The second-order valence-corrected chi connectivity index (χ2v) is 7.02. The van der Waals surface area contributed by atoms with E-state index in [1.807, 2.05) is 12.1 Å². The van der Waals surface area contributed by atoms with Crippen molar-refractivity contribution in [1.82, 2.24) is 5.32 Å². The third-order valence-electron chi connectivity index (χ3n) is 2.95. The molecule has 1 heterocycles. The number of nitrogens with one attached hydrogen (secondary N) is 1. The molecule has 0 radical (unpaired) electrons. The molecule has 1 unspecified atom stereocenters. The van der Waals surface area contributed by atoms with Crippen molar-refractivity contribution >= 4 is 27.3 Å². The molecule has 4 heteroatoms. The Labute approximate surface area is 126 Å². The summed E-state index contributed by atoms with van der Waals surface area (Å²) in [7, 11) is 0. The summed E-state index contributed by atoms with van der Waals surface area (Å²) < 4.78 is 14.2. The van der Waals surface area contributed by atoms with Crippen molar-refractivity contribution in [2.45, 2.75) is 25.8 Å². The normalized spacial score (nSPS) is 12.6. The Hall–Kier alpha value is -0.710. The zero-order valence-electron chi connectivity index (χ0n) is 10.8. The topological polar surface area (TPSA) is 12.0 Å². The maximum Gasteiger partial charge on any atom is 0.123 e. The van der Waals surface area contributed by atoms with Gasteiger partial charge in [0.2, 0.25) is 0 Å². The molecule has 0 aliphatic heterocycles. The Bertz CT molecular complexity index is 509. The lowest BCUT2D eigenvalue weighted by Gasteiger charge is -2.18. The van der Waals surface area contributed by atoms with Crippen LogP contribution in [0.4, 0.5) is 4.39 Å². The first-order valence-electron chi connectivity index (χ1n) is 6.42. The minimum absolute atomic E-state index is 0.183. The van der Waals surface area contributed by atoms with Crippen molar-refractivity contribution in [2.24, 2.45) is 0 Å². The van der Waals surface area contributed by atoms with Gasteiger partial charge in [0.25, 0.3) is 0 Å². The molecule has 1 N–H and O–H groups in total. The van der Waals surface area contributed by atoms with Crippen LogP contribution in [-0.4, -0.2) is 6.54 Å². The quantitative estimate of drug-likeness (QED) is 0.785. The summed E-state index contributed by atoms with van der Waals surface area (Å²) in [5.41, 5.74) is 1.14. The van der Waals surface area contributed by atoms with Crippen LogP contribution in [0.2, 0.25) is 0 Å². The second kappa shape index (κ2) is 7.17. The van der Waals surface area contributed by atoms with Crippen LogP contribution >= 0.6 is 27.3 Å². The minimum Gasteiger partial charge on any atom is -0.310 e. The van der Waals surface area contributed by atoms with Gasteiger partial charge in [-0.2, -0.15) is 0 Å². The van der Waals surface area contributed by atoms with Gasteiger partial charge in [0.15, 0.2) is 0 Å². The van der Waals surface area contributed by atoms with Gasteiger partial charge in [0.1, 0.15) is 5.82 Å². The molecule has 0 saturated heterocycles. The smallest absolute Gasteiger partial charge is 0.123 e. The predicted molar refractivity (Wildman–Crippen MR) is 83.2 cm³/mol. The predicted octanol–water partition coefficient (Wildman–Crippen LogP) is 4.93. The molecule has 1 aromatic carbocycles. The van der Waals surface area contributed by atoms with E-state index in [2.05, 4.69) is 40.3 Å². The van der Waals surface area contributed by atoms with Crippen molar-refractivity contribution in [3.05, 3.63) is 56.4 Å². The number of rotatable bonds is 6. The van der Waals surface area contributed by atoms with E-state index in [4.69, 9.17) is 0 Å². The van der Waals surface area contributed by atoms with Crippen molar-refractivity contribution < 1.29 is 4.39 Å². The van der Waals surface area contributed by atoms with Gasteiger partial charge < -0.3 is 5.32 Å². The second-order valence-electron chi connectivity index (χ2n) is 4.47. The monoisotopic (exact) mass is 341 g/mol. The molecule has 2 aromatic rings. The number of halogens is 2. The van der Waals surface area contributed by atoms with Crippen molar-refractivity contribution in [2.75, 3.05) is 6.54 Å². The zero-order chi connectivity index (χ0) is 13.7. The standard InChI is InChI=1S/C15H17BrFNS/c1-2-9-18-14(10-13-7-8-15(16)19-13)11-3-5-12(17)6-4-11/h3-8,14,18H,2,9-10H2,1H3. The van der Waals surface area contributed by atoms with Crippen LogP contribution in [0.1, 0.15) is 29.8 Å². The first kappa shape index (κ1) is 14.7. The lowest BCUT2D eigenvalue weighted by atomic mass is 10.0. The van der Waals surface area contributed by atoms with E-state index >= 15 is 0 Å². The molecule has 1 aromatic heterocycles. The molecule has 19 heavy (non-hydrogen) atoms. The van der Waals surface area contributed by atoms with Crippen molar-refractivity contribution in [3.63, 3.8) is 0 Å². The summed E-state index contributed by atoms with van der Waals surface area (Å²) in [6.07, 6.45) is 2.02. The van der Waals surface area contributed by atoms with Gasteiger partial charge in [-0.1, -0.05) is 19.1 Å². The molecule has 0 amide bonds. The van der Waals surface area contributed by atoms with Crippen LogP contribution in [0.5, 0.6) is 0 Å². The van der Waals surface area contributed by atoms with Crippen LogP contribution in [0.3, 0.4) is 0 Å². The number of hydrogen-bond acceptors (Lipinski definition) is 2. The van der Waals surface area contributed by atoms with Crippen LogP contribution in [-0.2, 0) is 6.42 Å². The van der Waals surface area contributed by atoms with E-state index < -0.39 is 0 Å². The van der Waals surface area contributed by atoms with E-state index in [0.29, 0.717) is 0 Å². The third-order valence-corrected chi connectivity index (χ3v) is 4.59. The summed E-state index contributed by atoms with van der Waals surface area (Å²) in [6.45, 7) is 3.12. The Morgan fingerprint density at radius 2 is 1.95 bits per heavy atom. The Balaban J connectivity index is 2.13. The molecule has 0 bridgehead atoms. The van der Waals surface area contributed by atoms with Crippen LogP contribution < -0.4 is 5.32 Å². The van der Waals surface area contributed by atoms with Gasteiger partial charge in [0, 0.05) is 17.3 Å². The lowest BCUT2D eigenvalue weighted by molar-refractivity contribution is 0.530. The van der Waals surface area contributed by atoms with Gasteiger partial charge in [0.05, 0.1) is 3.79 Å². The van der Waals surface area contributed by atoms with Crippen LogP contribution in [0.15, 0.2) is 40.2 Å². The summed E-state index contributed by atoms with van der Waals surface area (Å²) in [4.78, 5) is 1.32. The summed E-state index contributed by atoms with van der Waals surface area (Å²) in [5.74, 6) is -0.183. The fourth-order valence-electron chi connectivity index (χ4n) is 1.98. The molecule has 102 valence electrons. The summed E-state index contributed by atoms with van der Waals surface area (Å²) in [6, 6.07) is 11.2. The first-order valence-corrected chi connectivity index (χ1v) is 8.03. The van der Waals surface area contributed by atoms with Gasteiger partial charge in [-0.05, 0) is 58.7 Å². The van der Waals surface area contributed by atoms with E-state index in [0.717, 1.165) is 28.7 Å². The molecule has 1 nitrogen and oxygen atoms in total. The average molecular weight is 342 g/mol. The van der Waals surface area contributed by atoms with E-state index in [1.165, 1.54) is 17.0 Å². The van der Waals surface area contributed by atoms with E-state index in [1.54, 1.807) is 11.3 Å². The highest BCUT2D eigenvalue weighted by Crippen LogP contribution is 2.27. The zero-order valence-corrected chi connectivity index (χ0v) is 13.2. The third kappa shape index (κ3) is 4.41. The molecule has 0 saturated carbocycles. The summed E-state index contributed by atoms with van der Waals surface area (Å²) in [5, 5.41) is 3.53. The molecule has 1 atom stereocenters. The molecule has 2 rings (SSSR count). The van der Waals surface area contributed by atoms with Gasteiger partial charge in [-0.25, -0.2) is 4.39 Å². The number of thiophene rings is 1. The SMILES string of the molecule is CCCNC(Cc1ccc(Br)s1)c1ccc(F)cc1.